The van der Waals surface area contributed by atoms with Crippen LogP contribution in [-0.4, -0.2) is 5.54 Å². The van der Waals surface area contributed by atoms with E-state index in [0.717, 1.165) is 0 Å². The Labute approximate surface area is 51.0 Å². The minimum atomic E-state index is -0.194. The first kappa shape index (κ1) is 10.1. The summed E-state index contributed by atoms with van der Waals surface area (Å²) in [5.74, 6) is 0. The highest BCUT2D eigenvalue weighted by Gasteiger charge is 1.99. The van der Waals surface area contributed by atoms with Crippen LogP contribution in [0.4, 0.5) is 0 Å². The zero-order valence-electron chi connectivity index (χ0n) is 4.77. The lowest BCUT2D eigenvalue weighted by Gasteiger charge is -2.08. The van der Waals surface area contributed by atoms with E-state index >= 15 is 0 Å². The molecule has 44 valence electrons. The quantitative estimate of drug-likeness (QED) is 0.521. The van der Waals surface area contributed by atoms with Gasteiger partial charge in [-0.2, -0.15) is 0 Å². The molecule has 0 aliphatic carbocycles. The summed E-state index contributed by atoms with van der Waals surface area (Å²) in [6, 6.07) is 0. The summed E-state index contributed by atoms with van der Waals surface area (Å²) in [7, 11) is 0. The normalized spacial score (nSPS) is 9.57. The molecule has 0 unspecified atom stereocenters. The average molecular weight is 122 g/mol. The Morgan fingerprint density at radius 3 is 1.71 bits per heavy atom. The molecule has 7 heavy (non-hydrogen) atoms. The third kappa shape index (κ3) is 10.7. The zero-order valence-corrected chi connectivity index (χ0v) is 5.59. The largest absolute Gasteiger partial charge is 0.322 e. The highest BCUT2D eigenvalue weighted by molar-refractivity contribution is 5.85. The molecule has 0 aromatic rings. The van der Waals surface area contributed by atoms with Gasteiger partial charge in [-0.05, 0) is 13.8 Å². The van der Waals surface area contributed by atoms with Crippen LogP contribution in [0.1, 0.15) is 13.8 Å². The van der Waals surface area contributed by atoms with Gasteiger partial charge in [-0.3, -0.25) is 0 Å². The van der Waals surface area contributed by atoms with E-state index in [1.165, 1.54) is 0 Å². The van der Waals surface area contributed by atoms with Gasteiger partial charge in [0.1, 0.15) is 0 Å². The molecule has 0 saturated heterocycles. The molecule has 0 aliphatic heterocycles. The van der Waals surface area contributed by atoms with Crippen LogP contribution in [0.5, 0.6) is 0 Å². The van der Waals surface area contributed by atoms with Gasteiger partial charge in [0.05, 0.1) is 0 Å². The molecule has 2 N–H and O–H groups in total. The Hall–Kier alpha value is -0.0100. The number of hydrogen-bond acceptors (Lipinski definition) is 1. The third-order valence-corrected chi connectivity index (χ3v) is 0.526. The van der Waals surface area contributed by atoms with Crippen molar-refractivity contribution in [2.75, 3.05) is 0 Å². The van der Waals surface area contributed by atoms with Crippen molar-refractivity contribution in [2.45, 2.75) is 19.4 Å². The molecule has 0 radical (unpaired) electrons. The monoisotopic (exact) mass is 121 g/mol. The van der Waals surface area contributed by atoms with Gasteiger partial charge >= 0.3 is 0 Å². The van der Waals surface area contributed by atoms with Crippen molar-refractivity contribution in [2.24, 2.45) is 5.73 Å². The Bertz CT molecular complexity index is 53.6. The van der Waals surface area contributed by atoms with Crippen molar-refractivity contribution >= 4 is 12.4 Å². The van der Waals surface area contributed by atoms with Crippen molar-refractivity contribution in [3.63, 3.8) is 0 Å². The fraction of sp³-hybridized carbons (Fsp3) is 0.600. The second kappa shape index (κ2) is 3.05. The van der Waals surface area contributed by atoms with E-state index in [0.29, 0.717) is 0 Å². The molecule has 0 rings (SSSR count). The molecular weight excluding hydrogens is 110 g/mol. The van der Waals surface area contributed by atoms with Crippen molar-refractivity contribution in [3.8, 4) is 0 Å². The first-order valence-corrected chi connectivity index (χ1v) is 1.99. The van der Waals surface area contributed by atoms with Crippen LogP contribution in [0, 0.1) is 0 Å². The molecule has 0 aromatic carbocycles. The van der Waals surface area contributed by atoms with E-state index < -0.39 is 0 Å². The maximum Gasteiger partial charge on any atom is 0.0279 e. The van der Waals surface area contributed by atoms with Gasteiger partial charge in [-0.25, -0.2) is 0 Å². The fourth-order valence-corrected chi connectivity index (χ4v) is 0. The van der Waals surface area contributed by atoms with Crippen molar-refractivity contribution in [1.29, 1.82) is 0 Å². The van der Waals surface area contributed by atoms with Crippen LogP contribution in [0.3, 0.4) is 0 Å². The van der Waals surface area contributed by atoms with Crippen LogP contribution in [0.15, 0.2) is 12.7 Å². The number of halogens is 1. The molecule has 0 fully saturated rings. The summed E-state index contributed by atoms with van der Waals surface area (Å²) < 4.78 is 0. The van der Waals surface area contributed by atoms with Crippen LogP contribution in [-0.2, 0) is 0 Å². The van der Waals surface area contributed by atoms with Gasteiger partial charge in [-0.1, -0.05) is 6.08 Å². The van der Waals surface area contributed by atoms with Crippen molar-refractivity contribution in [3.05, 3.63) is 12.7 Å². The molecule has 2 heteroatoms. The Morgan fingerprint density at radius 2 is 1.71 bits per heavy atom. The molecule has 0 heterocycles. The Morgan fingerprint density at radius 1 is 1.57 bits per heavy atom. The Kier molecular flexibility index (Phi) is 4.39. The number of nitrogens with two attached hydrogens (primary N) is 1. The predicted molar refractivity (Wildman–Crippen MR) is 35.7 cm³/mol. The predicted octanol–water partition coefficient (Wildman–Crippen LogP) is 1.33. The van der Waals surface area contributed by atoms with E-state index in [9.17, 15) is 0 Å². The van der Waals surface area contributed by atoms with Crippen molar-refractivity contribution in [1.82, 2.24) is 0 Å². The number of rotatable bonds is 1. The van der Waals surface area contributed by atoms with Gasteiger partial charge in [0.15, 0.2) is 0 Å². The summed E-state index contributed by atoms with van der Waals surface area (Å²) in [6.07, 6.45) is 1.72. The molecular formula is C5H12ClN. The van der Waals surface area contributed by atoms with Gasteiger partial charge in [-0.15, -0.1) is 19.0 Å². The molecule has 0 bridgehead atoms. The highest BCUT2D eigenvalue weighted by Crippen LogP contribution is 1.93. The second-order valence-corrected chi connectivity index (χ2v) is 2.03. The topological polar surface area (TPSA) is 26.0 Å². The average Bonchev–Trinajstić information content (AvgIpc) is 1.35. The third-order valence-electron chi connectivity index (χ3n) is 0.526. The highest BCUT2D eigenvalue weighted by atomic mass is 35.5. The molecule has 0 saturated carbocycles. The van der Waals surface area contributed by atoms with Gasteiger partial charge < -0.3 is 5.73 Å². The zero-order chi connectivity index (χ0) is 5.21. The smallest absolute Gasteiger partial charge is 0.0279 e. The van der Waals surface area contributed by atoms with Crippen molar-refractivity contribution < 1.29 is 0 Å². The molecule has 0 amide bonds. The summed E-state index contributed by atoms with van der Waals surface area (Å²) in [5.41, 5.74) is 5.22. The lowest BCUT2D eigenvalue weighted by molar-refractivity contribution is 0.656. The van der Waals surface area contributed by atoms with E-state index in [1.807, 2.05) is 13.8 Å². The SMILES string of the molecule is C=CC(C)(C)N.Cl. The maximum absolute atomic E-state index is 5.42. The van der Waals surface area contributed by atoms with Crippen LogP contribution in [0.2, 0.25) is 0 Å². The molecule has 0 spiro atoms. The summed E-state index contributed by atoms with van der Waals surface area (Å²) in [4.78, 5) is 0. The van der Waals surface area contributed by atoms with Gasteiger partial charge in [0, 0.05) is 5.54 Å². The van der Waals surface area contributed by atoms with E-state index in [1.54, 1.807) is 6.08 Å². The minimum absolute atomic E-state index is 0. The van der Waals surface area contributed by atoms with Crippen LogP contribution < -0.4 is 5.73 Å². The minimum Gasteiger partial charge on any atom is -0.322 e. The molecule has 1 nitrogen and oxygen atoms in total. The summed E-state index contributed by atoms with van der Waals surface area (Å²) in [6.45, 7) is 7.31. The Balaban J connectivity index is 0. The lowest BCUT2D eigenvalue weighted by Crippen LogP contribution is -2.27. The second-order valence-electron chi connectivity index (χ2n) is 2.03. The fourth-order valence-electron chi connectivity index (χ4n) is 0. The van der Waals surface area contributed by atoms with Gasteiger partial charge in [0.25, 0.3) is 0 Å². The molecule has 0 aromatic heterocycles. The lowest BCUT2D eigenvalue weighted by atomic mass is 10.1. The first-order chi connectivity index (χ1) is 2.56. The number of hydrogen-bond donors (Lipinski definition) is 1. The van der Waals surface area contributed by atoms with Crippen LogP contribution in [0.25, 0.3) is 0 Å². The van der Waals surface area contributed by atoms with E-state index in [4.69, 9.17) is 5.73 Å². The molecule has 0 aliphatic rings. The summed E-state index contributed by atoms with van der Waals surface area (Å²) in [5, 5.41) is 0. The first-order valence-electron chi connectivity index (χ1n) is 1.99. The van der Waals surface area contributed by atoms with E-state index in [2.05, 4.69) is 6.58 Å². The maximum atomic E-state index is 5.42. The van der Waals surface area contributed by atoms with Gasteiger partial charge in [0.2, 0.25) is 0 Å². The standard InChI is InChI=1S/C5H11N.ClH/c1-4-5(2,3)6;/h4H,1,6H2,2-3H3;1H. The van der Waals surface area contributed by atoms with E-state index in [-0.39, 0.29) is 17.9 Å². The molecule has 0 atom stereocenters. The summed E-state index contributed by atoms with van der Waals surface area (Å²) >= 11 is 0. The van der Waals surface area contributed by atoms with Crippen LogP contribution >= 0.6 is 12.4 Å².